The summed E-state index contributed by atoms with van der Waals surface area (Å²) >= 11 is 0. The fourth-order valence-electron chi connectivity index (χ4n) is 2.34. The van der Waals surface area contributed by atoms with Gasteiger partial charge in [0.15, 0.2) is 0 Å². The summed E-state index contributed by atoms with van der Waals surface area (Å²) in [6.45, 7) is 9.47. The van der Waals surface area contributed by atoms with E-state index in [2.05, 4.69) is 31.0 Å². The van der Waals surface area contributed by atoms with Crippen molar-refractivity contribution in [2.24, 2.45) is 0 Å². The Hall–Kier alpha value is -0.120. The van der Waals surface area contributed by atoms with Gasteiger partial charge in [-0.25, -0.2) is 0 Å². The molecule has 1 heterocycles. The van der Waals surface area contributed by atoms with E-state index in [0.29, 0.717) is 12.1 Å². The second-order valence-electron chi connectivity index (χ2n) is 4.83. The maximum Gasteiger partial charge on any atom is 0.0831 e. The second-order valence-corrected chi connectivity index (χ2v) is 4.83. The van der Waals surface area contributed by atoms with Gasteiger partial charge in [-0.1, -0.05) is 19.8 Å². The zero-order chi connectivity index (χ0) is 11.3. The summed E-state index contributed by atoms with van der Waals surface area (Å²) in [6, 6.07) is 0.850. The standard InChI is InChI=1S/C12H26N2O/c1-4-5-6-7-14(10(2)3)11-8-13-9-12(11)15/h10-13,15H,4-9H2,1-3H3. The fraction of sp³-hybridized carbons (Fsp3) is 1.00. The molecule has 0 aliphatic carbocycles. The van der Waals surface area contributed by atoms with Crippen LogP contribution in [0.2, 0.25) is 0 Å². The molecule has 0 bridgehead atoms. The summed E-state index contributed by atoms with van der Waals surface area (Å²) in [7, 11) is 0. The van der Waals surface area contributed by atoms with Crippen molar-refractivity contribution in [1.29, 1.82) is 0 Å². The van der Waals surface area contributed by atoms with Gasteiger partial charge in [-0.3, -0.25) is 4.90 Å². The van der Waals surface area contributed by atoms with Gasteiger partial charge < -0.3 is 10.4 Å². The van der Waals surface area contributed by atoms with Gasteiger partial charge in [-0.2, -0.15) is 0 Å². The topological polar surface area (TPSA) is 35.5 Å². The molecule has 0 aromatic carbocycles. The fourth-order valence-corrected chi connectivity index (χ4v) is 2.34. The third kappa shape index (κ3) is 3.74. The number of hydrogen-bond donors (Lipinski definition) is 2. The largest absolute Gasteiger partial charge is 0.390 e. The Balaban J connectivity index is 2.42. The molecule has 1 fully saturated rings. The Bertz CT molecular complexity index is 173. The van der Waals surface area contributed by atoms with E-state index in [9.17, 15) is 5.11 Å². The van der Waals surface area contributed by atoms with E-state index in [-0.39, 0.29) is 6.10 Å². The maximum absolute atomic E-state index is 9.86. The molecule has 90 valence electrons. The quantitative estimate of drug-likeness (QED) is 0.653. The molecule has 0 saturated carbocycles. The number of hydrogen-bond acceptors (Lipinski definition) is 3. The lowest BCUT2D eigenvalue weighted by Gasteiger charge is -2.33. The Morgan fingerprint density at radius 2 is 2.07 bits per heavy atom. The van der Waals surface area contributed by atoms with Crippen LogP contribution in [0, 0.1) is 0 Å². The third-order valence-electron chi connectivity index (χ3n) is 3.26. The van der Waals surface area contributed by atoms with Crippen molar-refractivity contribution < 1.29 is 5.11 Å². The first-order chi connectivity index (χ1) is 7.16. The van der Waals surface area contributed by atoms with Crippen molar-refractivity contribution in [3.63, 3.8) is 0 Å². The molecule has 2 atom stereocenters. The molecule has 0 aromatic rings. The minimum absolute atomic E-state index is 0.186. The average molecular weight is 214 g/mol. The molecule has 3 heteroatoms. The first-order valence-electron chi connectivity index (χ1n) is 6.31. The van der Waals surface area contributed by atoms with Crippen molar-refractivity contribution in [2.75, 3.05) is 19.6 Å². The average Bonchev–Trinajstić information content (AvgIpc) is 2.59. The molecule has 2 unspecified atom stereocenters. The number of aliphatic hydroxyl groups is 1. The second kappa shape index (κ2) is 6.46. The summed E-state index contributed by atoms with van der Waals surface area (Å²) in [5.41, 5.74) is 0. The van der Waals surface area contributed by atoms with Crippen LogP contribution in [0.3, 0.4) is 0 Å². The Labute approximate surface area is 93.9 Å². The number of β-amino-alcohol motifs (C(OH)–C–C–N with tert-alkyl or cyclic N) is 1. The molecule has 2 N–H and O–H groups in total. The van der Waals surface area contributed by atoms with Crippen molar-refractivity contribution in [2.45, 2.75) is 58.2 Å². The van der Waals surface area contributed by atoms with Crippen LogP contribution in [0.15, 0.2) is 0 Å². The van der Waals surface area contributed by atoms with Gasteiger partial charge in [0.1, 0.15) is 0 Å². The molecule has 0 aromatic heterocycles. The highest BCUT2D eigenvalue weighted by Crippen LogP contribution is 2.14. The molecular formula is C12H26N2O. The van der Waals surface area contributed by atoms with Gasteiger partial charge in [0, 0.05) is 25.2 Å². The summed E-state index contributed by atoms with van der Waals surface area (Å²) in [4.78, 5) is 2.44. The lowest BCUT2D eigenvalue weighted by Crippen LogP contribution is -2.47. The predicted octanol–water partition coefficient (Wildman–Crippen LogP) is 1.22. The van der Waals surface area contributed by atoms with E-state index < -0.39 is 0 Å². The van der Waals surface area contributed by atoms with Crippen LogP contribution in [0.25, 0.3) is 0 Å². The zero-order valence-corrected chi connectivity index (χ0v) is 10.4. The molecule has 0 amide bonds. The summed E-state index contributed by atoms with van der Waals surface area (Å²) in [6.07, 6.45) is 3.61. The van der Waals surface area contributed by atoms with Crippen molar-refractivity contribution in [1.82, 2.24) is 10.2 Å². The molecule has 1 rings (SSSR count). The lowest BCUT2D eigenvalue weighted by atomic mass is 10.1. The molecule has 0 radical (unpaired) electrons. The normalized spacial score (nSPS) is 26.8. The summed E-state index contributed by atoms with van der Waals surface area (Å²) in [5.74, 6) is 0. The van der Waals surface area contributed by atoms with Crippen LogP contribution in [-0.4, -0.2) is 47.8 Å². The molecule has 1 aliphatic rings. The van der Waals surface area contributed by atoms with Crippen LogP contribution < -0.4 is 5.32 Å². The molecule has 0 spiro atoms. The Morgan fingerprint density at radius 3 is 2.53 bits per heavy atom. The van der Waals surface area contributed by atoms with Crippen LogP contribution >= 0.6 is 0 Å². The Morgan fingerprint density at radius 1 is 1.33 bits per heavy atom. The highest BCUT2D eigenvalue weighted by Gasteiger charge is 2.31. The van der Waals surface area contributed by atoms with Gasteiger partial charge in [0.2, 0.25) is 0 Å². The van der Waals surface area contributed by atoms with Gasteiger partial charge in [-0.05, 0) is 26.8 Å². The van der Waals surface area contributed by atoms with Crippen molar-refractivity contribution >= 4 is 0 Å². The maximum atomic E-state index is 9.86. The highest BCUT2D eigenvalue weighted by molar-refractivity contribution is 4.89. The molecule has 1 saturated heterocycles. The van der Waals surface area contributed by atoms with Gasteiger partial charge in [0.05, 0.1) is 6.10 Å². The van der Waals surface area contributed by atoms with E-state index in [1.54, 1.807) is 0 Å². The first kappa shape index (κ1) is 12.9. The van der Waals surface area contributed by atoms with Gasteiger partial charge >= 0.3 is 0 Å². The van der Waals surface area contributed by atoms with E-state index in [1.807, 2.05) is 0 Å². The van der Waals surface area contributed by atoms with Crippen LogP contribution in [-0.2, 0) is 0 Å². The number of unbranched alkanes of at least 4 members (excludes halogenated alkanes) is 2. The van der Waals surface area contributed by atoms with Crippen LogP contribution in [0.1, 0.15) is 40.0 Å². The number of nitrogens with one attached hydrogen (secondary N) is 1. The molecule has 3 nitrogen and oxygen atoms in total. The molecule has 15 heavy (non-hydrogen) atoms. The van der Waals surface area contributed by atoms with Crippen LogP contribution in [0.4, 0.5) is 0 Å². The minimum Gasteiger partial charge on any atom is -0.390 e. The van der Waals surface area contributed by atoms with Gasteiger partial charge in [0.25, 0.3) is 0 Å². The van der Waals surface area contributed by atoms with Crippen molar-refractivity contribution in [3.8, 4) is 0 Å². The number of rotatable bonds is 6. The molecule has 1 aliphatic heterocycles. The van der Waals surface area contributed by atoms with Gasteiger partial charge in [-0.15, -0.1) is 0 Å². The number of nitrogens with zero attached hydrogens (tertiary/aromatic N) is 1. The van der Waals surface area contributed by atoms with E-state index in [0.717, 1.165) is 19.6 Å². The smallest absolute Gasteiger partial charge is 0.0831 e. The highest BCUT2D eigenvalue weighted by atomic mass is 16.3. The Kier molecular flexibility index (Phi) is 5.58. The monoisotopic (exact) mass is 214 g/mol. The van der Waals surface area contributed by atoms with Crippen molar-refractivity contribution in [3.05, 3.63) is 0 Å². The van der Waals surface area contributed by atoms with E-state index in [1.165, 1.54) is 19.3 Å². The van der Waals surface area contributed by atoms with Crippen LogP contribution in [0.5, 0.6) is 0 Å². The number of aliphatic hydroxyl groups excluding tert-OH is 1. The third-order valence-corrected chi connectivity index (χ3v) is 3.26. The lowest BCUT2D eigenvalue weighted by molar-refractivity contribution is 0.0620. The van der Waals surface area contributed by atoms with E-state index in [4.69, 9.17) is 0 Å². The SMILES string of the molecule is CCCCCN(C(C)C)C1CNCC1O. The summed E-state index contributed by atoms with van der Waals surface area (Å²) in [5, 5.41) is 13.1. The summed E-state index contributed by atoms with van der Waals surface area (Å²) < 4.78 is 0. The van der Waals surface area contributed by atoms with E-state index >= 15 is 0 Å². The first-order valence-corrected chi connectivity index (χ1v) is 6.31. The minimum atomic E-state index is -0.186. The molecular weight excluding hydrogens is 188 g/mol. The predicted molar refractivity (Wildman–Crippen MR) is 64.0 cm³/mol. The zero-order valence-electron chi connectivity index (χ0n) is 10.4.